The molecule has 0 radical (unpaired) electrons. The van der Waals surface area contributed by atoms with Gasteiger partial charge in [-0.15, -0.1) is 0 Å². The number of fused-ring (bicyclic) bond motifs is 1. The number of unbranched alkanes of at least 4 members (excludes halogenated alkanes) is 2. The molecule has 1 heterocycles. The third-order valence-corrected chi connectivity index (χ3v) is 3.32. The first-order valence-corrected chi connectivity index (χ1v) is 6.41. The topological polar surface area (TPSA) is 77.8 Å². The highest BCUT2D eigenvalue weighted by atomic mass is 16.4. The SMILES string of the molecule is O=C(O)CCCCCN1C(=O)c2ccccc2C1O. The molecule has 0 aromatic heterocycles. The summed E-state index contributed by atoms with van der Waals surface area (Å²) >= 11 is 0. The standard InChI is InChI=1S/C14H17NO4/c16-12(17)8-2-1-5-9-15-13(18)10-6-3-4-7-11(10)14(15)19/h3-4,6-7,13,18H,1-2,5,8-9H2,(H,16,17). The largest absolute Gasteiger partial charge is 0.481 e. The molecule has 0 fully saturated rings. The van der Waals surface area contributed by atoms with E-state index >= 15 is 0 Å². The lowest BCUT2D eigenvalue weighted by molar-refractivity contribution is -0.137. The van der Waals surface area contributed by atoms with E-state index in [1.807, 2.05) is 0 Å². The van der Waals surface area contributed by atoms with Crippen molar-refractivity contribution in [1.82, 2.24) is 4.90 Å². The number of carbonyl (C=O) groups excluding carboxylic acids is 1. The van der Waals surface area contributed by atoms with Gasteiger partial charge in [0.15, 0.2) is 6.23 Å². The lowest BCUT2D eigenvalue weighted by Gasteiger charge is -2.20. The summed E-state index contributed by atoms with van der Waals surface area (Å²) in [6.45, 7) is 0.453. The molecule has 19 heavy (non-hydrogen) atoms. The number of hydrogen-bond donors (Lipinski definition) is 2. The van der Waals surface area contributed by atoms with Gasteiger partial charge >= 0.3 is 5.97 Å². The van der Waals surface area contributed by atoms with Crippen molar-refractivity contribution >= 4 is 11.9 Å². The Kier molecular flexibility index (Phi) is 4.16. The Hall–Kier alpha value is -1.88. The van der Waals surface area contributed by atoms with Crippen molar-refractivity contribution in [3.8, 4) is 0 Å². The molecule has 0 saturated carbocycles. The Morgan fingerprint density at radius 1 is 1.21 bits per heavy atom. The zero-order valence-corrected chi connectivity index (χ0v) is 10.6. The average Bonchev–Trinajstić information content (AvgIpc) is 2.63. The highest BCUT2D eigenvalue weighted by Gasteiger charge is 2.34. The summed E-state index contributed by atoms with van der Waals surface area (Å²) in [7, 11) is 0. The van der Waals surface area contributed by atoms with Crippen molar-refractivity contribution in [3.63, 3.8) is 0 Å². The molecule has 0 saturated heterocycles. The van der Waals surface area contributed by atoms with E-state index < -0.39 is 12.2 Å². The van der Waals surface area contributed by atoms with Gasteiger partial charge in [-0.25, -0.2) is 0 Å². The number of carboxylic acids is 1. The van der Waals surface area contributed by atoms with Crippen LogP contribution in [0.2, 0.25) is 0 Å². The number of aliphatic hydroxyl groups is 1. The van der Waals surface area contributed by atoms with E-state index in [1.54, 1.807) is 24.3 Å². The number of nitrogens with zero attached hydrogens (tertiary/aromatic N) is 1. The summed E-state index contributed by atoms with van der Waals surface area (Å²) in [5.41, 5.74) is 1.21. The van der Waals surface area contributed by atoms with Crippen molar-refractivity contribution in [2.24, 2.45) is 0 Å². The molecule has 1 atom stereocenters. The van der Waals surface area contributed by atoms with Gasteiger partial charge < -0.3 is 15.1 Å². The van der Waals surface area contributed by atoms with E-state index in [0.717, 1.165) is 6.42 Å². The van der Waals surface area contributed by atoms with Crippen molar-refractivity contribution in [2.75, 3.05) is 6.54 Å². The van der Waals surface area contributed by atoms with E-state index in [1.165, 1.54) is 4.90 Å². The van der Waals surface area contributed by atoms with Gasteiger partial charge in [-0.1, -0.05) is 24.6 Å². The van der Waals surface area contributed by atoms with Crippen molar-refractivity contribution in [3.05, 3.63) is 35.4 Å². The molecule has 1 aromatic rings. The predicted molar refractivity (Wildman–Crippen MR) is 68.5 cm³/mol. The lowest BCUT2D eigenvalue weighted by atomic mass is 10.1. The summed E-state index contributed by atoms with van der Waals surface area (Å²) in [5, 5.41) is 18.6. The van der Waals surface area contributed by atoms with Crippen molar-refractivity contribution in [2.45, 2.75) is 31.9 Å². The van der Waals surface area contributed by atoms with Gasteiger partial charge in [0.1, 0.15) is 0 Å². The molecule has 0 aliphatic carbocycles. The first-order valence-electron chi connectivity index (χ1n) is 6.41. The second kappa shape index (κ2) is 5.84. The Morgan fingerprint density at radius 3 is 2.63 bits per heavy atom. The number of aliphatic hydroxyl groups excluding tert-OH is 1. The third-order valence-electron chi connectivity index (χ3n) is 3.32. The monoisotopic (exact) mass is 263 g/mol. The molecule has 0 bridgehead atoms. The molecule has 1 aromatic carbocycles. The molecule has 5 nitrogen and oxygen atoms in total. The number of rotatable bonds is 6. The van der Waals surface area contributed by atoms with Crippen LogP contribution >= 0.6 is 0 Å². The molecule has 2 rings (SSSR count). The summed E-state index contributed by atoms with van der Waals surface area (Å²) < 4.78 is 0. The number of benzene rings is 1. The van der Waals surface area contributed by atoms with Gasteiger partial charge in [0.05, 0.1) is 0 Å². The fourth-order valence-corrected chi connectivity index (χ4v) is 2.31. The molecule has 1 unspecified atom stereocenters. The minimum absolute atomic E-state index is 0.150. The number of carboxylic acid groups (broad SMARTS) is 1. The maximum Gasteiger partial charge on any atom is 0.303 e. The molecule has 1 aliphatic rings. The highest BCUT2D eigenvalue weighted by Crippen LogP contribution is 2.31. The van der Waals surface area contributed by atoms with Gasteiger partial charge in [-0.2, -0.15) is 0 Å². The third kappa shape index (κ3) is 2.93. The number of aliphatic carboxylic acids is 1. The molecule has 0 spiro atoms. The van der Waals surface area contributed by atoms with Gasteiger partial charge in [0.25, 0.3) is 5.91 Å². The van der Waals surface area contributed by atoms with Crippen LogP contribution in [0.3, 0.4) is 0 Å². The highest BCUT2D eigenvalue weighted by molar-refractivity contribution is 5.98. The second-order valence-corrected chi connectivity index (χ2v) is 4.66. The smallest absolute Gasteiger partial charge is 0.303 e. The summed E-state index contributed by atoms with van der Waals surface area (Å²) in [6, 6.07) is 7.04. The molecule has 1 amide bonds. The zero-order valence-electron chi connectivity index (χ0n) is 10.6. The van der Waals surface area contributed by atoms with Gasteiger partial charge in [0, 0.05) is 24.1 Å². The Labute approximate surface area is 111 Å². The maximum absolute atomic E-state index is 12.1. The van der Waals surface area contributed by atoms with E-state index in [9.17, 15) is 14.7 Å². The fourth-order valence-electron chi connectivity index (χ4n) is 2.31. The predicted octanol–water partition coefficient (Wildman–Crippen LogP) is 1.78. The summed E-state index contributed by atoms with van der Waals surface area (Å²) in [4.78, 5) is 23.9. The first-order chi connectivity index (χ1) is 9.11. The minimum Gasteiger partial charge on any atom is -0.481 e. The quantitative estimate of drug-likeness (QED) is 0.767. The van der Waals surface area contributed by atoms with Crippen LogP contribution in [0.4, 0.5) is 0 Å². The van der Waals surface area contributed by atoms with Gasteiger partial charge in [-0.3, -0.25) is 9.59 Å². The number of hydrogen-bond acceptors (Lipinski definition) is 3. The summed E-state index contributed by atoms with van der Waals surface area (Å²) in [5.74, 6) is -0.953. The zero-order chi connectivity index (χ0) is 13.8. The average molecular weight is 263 g/mol. The molecule has 1 aliphatic heterocycles. The Morgan fingerprint density at radius 2 is 1.95 bits per heavy atom. The van der Waals surface area contributed by atoms with Gasteiger partial charge in [-0.05, 0) is 18.9 Å². The van der Waals surface area contributed by atoms with Crippen molar-refractivity contribution in [1.29, 1.82) is 0 Å². The maximum atomic E-state index is 12.1. The van der Waals surface area contributed by atoms with Crippen LogP contribution in [-0.4, -0.2) is 33.5 Å². The van der Waals surface area contributed by atoms with E-state index in [2.05, 4.69) is 0 Å². The van der Waals surface area contributed by atoms with Crippen LogP contribution in [0, 0.1) is 0 Å². The fraction of sp³-hybridized carbons (Fsp3) is 0.429. The van der Waals surface area contributed by atoms with E-state index in [0.29, 0.717) is 30.5 Å². The van der Waals surface area contributed by atoms with E-state index in [4.69, 9.17) is 5.11 Å². The molecule has 2 N–H and O–H groups in total. The van der Waals surface area contributed by atoms with Crippen LogP contribution < -0.4 is 0 Å². The minimum atomic E-state index is -0.872. The van der Waals surface area contributed by atoms with Crippen molar-refractivity contribution < 1.29 is 19.8 Å². The van der Waals surface area contributed by atoms with Gasteiger partial charge in [0.2, 0.25) is 0 Å². The van der Waals surface area contributed by atoms with Crippen LogP contribution in [0.25, 0.3) is 0 Å². The molecular formula is C14H17NO4. The first kappa shape index (κ1) is 13.5. The lowest BCUT2D eigenvalue weighted by Crippen LogP contribution is -2.29. The van der Waals surface area contributed by atoms with E-state index in [-0.39, 0.29) is 12.3 Å². The summed E-state index contributed by atoms with van der Waals surface area (Å²) in [6.07, 6.45) is 1.31. The number of amides is 1. The normalized spacial score (nSPS) is 17.6. The van der Waals surface area contributed by atoms with Crippen LogP contribution in [-0.2, 0) is 4.79 Å². The van der Waals surface area contributed by atoms with Crippen LogP contribution in [0.1, 0.15) is 47.8 Å². The Bertz CT molecular complexity index is 486. The van der Waals surface area contributed by atoms with Crippen LogP contribution in [0.15, 0.2) is 24.3 Å². The molecular weight excluding hydrogens is 246 g/mol. The molecule has 102 valence electrons. The number of carbonyl (C=O) groups is 2. The Balaban J connectivity index is 1.86. The second-order valence-electron chi connectivity index (χ2n) is 4.66. The molecule has 5 heteroatoms. The van der Waals surface area contributed by atoms with Crippen LogP contribution in [0.5, 0.6) is 0 Å².